The van der Waals surface area contributed by atoms with Crippen LogP contribution >= 0.6 is 0 Å². The van der Waals surface area contributed by atoms with Gasteiger partial charge in [-0.25, -0.2) is 4.79 Å². The number of aromatic nitrogens is 2. The summed E-state index contributed by atoms with van der Waals surface area (Å²) in [4.78, 5) is 12.5. The maximum absolute atomic E-state index is 12.5. The molecule has 2 N–H and O–H groups in total. The van der Waals surface area contributed by atoms with Gasteiger partial charge in [-0.1, -0.05) is 18.9 Å². The minimum Gasteiger partial charge on any atom is -0.486 e. The van der Waals surface area contributed by atoms with Gasteiger partial charge in [-0.2, -0.15) is 5.10 Å². The van der Waals surface area contributed by atoms with Crippen molar-refractivity contribution in [2.45, 2.75) is 37.6 Å². The number of fused-ring (bicyclic) bond motifs is 1. The maximum Gasteiger partial charge on any atom is 0.319 e. The molecule has 2 aliphatic rings. The number of ether oxygens (including phenoxy) is 3. The van der Waals surface area contributed by atoms with E-state index in [-0.39, 0.29) is 11.4 Å². The van der Waals surface area contributed by atoms with Crippen molar-refractivity contribution in [2.24, 2.45) is 0 Å². The first-order chi connectivity index (χ1) is 14.2. The number of hydrogen-bond donors (Lipinski definition) is 2. The number of nitrogens with zero attached hydrogens (tertiary/aromatic N) is 2. The lowest BCUT2D eigenvalue weighted by Gasteiger charge is -2.31. The van der Waals surface area contributed by atoms with E-state index in [0.29, 0.717) is 38.6 Å². The van der Waals surface area contributed by atoms with Gasteiger partial charge < -0.3 is 24.8 Å². The van der Waals surface area contributed by atoms with Crippen LogP contribution in [0.5, 0.6) is 11.5 Å². The molecule has 2 aromatic rings. The Labute approximate surface area is 170 Å². The summed E-state index contributed by atoms with van der Waals surface area (Å²) >= 11 is 0. The van der Waals surface area contributed by atoms with E-state index in [2.05, 4.69) is 27.9 Å². The summed E-state index contributed by atoms with van der Waals surface area (Å²) in [5.74, 6) is 1.59. The van der Waals surface area contributed by atoms with Gasteiger partial charge in [-0.05, 0) is 30.5 Å². The number of carbonyl (C=O) groups excluding carboxylic acids is 1. The average molecular weight is 400 g/mol. The van der Waals surface area contributed by atoms with Crippen molar-refractivity contribution in [2.75, 3.05) is 38.8 Å². The summed E-state index contributed by atoms with van der Waals surface area (Å²) < 4.78 is 18.2. The van der Waals surface area contributed by atoms with Crippen LogP contribution in [-0.2, 0) is 16.7 Å². The summed E-state index contributed by atoms with van der Waals surface area (Å²) in [5, 5.41) is 10.1. The number of hydrogen-bond acceptors (Lipinski definition) is 5. The first kappa shape index (κ1) is 19.6. The Morgan fingerprint density at radius 1 is 1.24 bits per heavy atom. The quantitative estimate of drug-likeness (QED) is 0.746. The van der Waals surface area contributed by atoms with Crippen LogP contribution in [-0.4, -0.2) is 49.3 Å². The second-order valence-corrected chi connectivity index (χ2v) is 7.64. The highest BCUT2D eigenvalue weighted by Crippen LogP contribution is 2.43. The Bertz CT molecular complexity index is 845. The Balaban J connectivity index is 1.39. The third kappa shape index (κ3) is 4.48. The first-order valence-corrected chi connectivity index (χ1v) is 10.1. The van der Waals surface area contributed by atoms with Crippen LogP contribution in [0.25, 0.3) is 0 Å². The van der Waals surface area contributed by atoms with Gasteiger partial charge in [-0.15, -0.1) is 0 Å². The standard InChI is InChI=1S/C21H28N4O4/c1-27-9-8-25-14-17(13-23-25)24-20(26)22-15-21(6-2-3-7-21)16-4-5-18-19(12-16)29-11-10-28-18/h4-5,12-14H,2-3,6-11,15H2,1H3,(H2,22,24,26). The molecule has 4 rings (SSSR count). The van der Waals surface area contributed by atoms with Crippen molar-refractivity contribution >= 4 is 11.7 Å². The second kappa shape index (κ2) is 8.73. The zero-order valence-corrected chi connectivity index (χ0v) is 16.8. The molecule has 8 heteroatoms. The van der Waals surface area contributed by atoms with Crippen LogP contribution in [0.3, 0.4) is 0 Å². The molecular weight excluding hydrogens is 372 g/mol. The molecule has 2 heterocycles. The number of urea groups is 1. The molecule has 0 bridgehead atoms. The zero-order chi connectivity index (χ0) is 20.1. The van der Waals surface area contributed by atoms with Crippen LogP contribution < -0.4 is 20.1 Å². The van der Waals surface area contributed by atoms with Gasteiger partial charge in [0.2, 0.25) is 0 Å². The Kier molecular flexibility index (Phi) is 5.89. The molecule has 1 aromatic carbocycles. The molecule has 0 radical (unpaired) electrons. The number of methoxy groups -OCH3 is 1. The molecule has 0 unspecified atom stereocenters. The van der Waals surface area contributed by atoms with E-state index in [9.17, 15) is 4.79 Å². The molecule has 1 aliphatic carbocycles. The highest BCUT2D eigenvalue weighted by atomic mass is 16.6. The van der Waals surface area contributed by atoms with E-state index in [1.165, 1.54) is 5.56 Å². The Hall–Kier alpha value is -2.74. The summed E-state index contributed by atoms with van der Waals surface area (Å²) in [6.45, 7) is 2.96. The predicted molar refractivity (Wildman–Crippen MR) is 109 cm³/mol. The molecule has 0 spiro atoms. The van der Waals surface area contributed by atoms with Gasteiger partial charge in [0.1, 0.15) is 13.2 Å². The lowest BCUT2D eigenvalue weighted by molar-refractivity contribution is 0.171. The summed E-state index contributed by atoms with van der Waals surface area (Å²) in [6, 6.07) is 5.95. The molecule has 0 atom stereocenters. The first-order valence-electron chi connectivity index (χ1n) is 10.1. The number of amides is 2. The number of carbonyl (C=O) groups is 1. The van der Waals surface area contributed by atoms with Gasteiger partial charge in [0.25, 0.3) is 0 Å². The SMILES string of the molecule is COCCn1cc(NC(=O)NCC2(c3ccc4c(c3)OCCO4)CCCC2)cn1. The largest absolute Gasteiger partial charge is 0.486 e. The fourth-order valence-electron chi connectivity index (χ4n) is 4.15. The summed E-state index contributed by atoms with van der Waals surface area (Å²) in [6.07, 6.45) is 7.84. The van der Waals surface area contributed by atoms with E-state index in [1.807, 2.05) is 6.07 Å². The van der Waals surface area contributed by atoms with Crippen molar-refractivity contribution in [3.63, 3.8) is 0 Å². The number of rotatable bonds is 7. The normalized spacial score (nSPS) is 17.1. The van der Waals surface area contributed by atoms with E-state index < -0.39 is 0 Å². The molecular formula is C21H28N4O4. The number of nitrogens with one attached hydrogen (secondary N) is 2. The van der Waals surface area contributed by atoms with Crippen LogP contribution in [0.4, 0.5) is 10.5 Å². The van der Waals surface area contributed by atoms with E-state index >= 15 is 0 Å². The van der Waals surface area contributed by atoms with Crippen molar-refractivity contribution in [3.05, 3.63) is 36.2 Å². The third-order valence-electron chi connectivity index (χ3n) is 5.72. The fourth-order valence-corrected chi connectivity index (χ4v) is 4.15. The second-order valence-electron chi connectivity index (χ2n) is 7.64. The van der Waals surface area contributed by atoms with Crippen molar-refractivity contribution in [1.82, 2.24) is 15.1 Å². The van der Waals surface area contributed by atoms with Gasteiger partial charge in [0.15, 0.2) is 11.5 Å². The highest BCUT2D eigenvalue weighted by molar-refractivity contribution is 5.88. The summed E-state index contributed by atoms with van der Waals surface area (Å²) in [5.41, 5.74) is 1.79. The van der Waals surface area contributed by atoms with Crippen molar-refractivity contribution < 1.29 is 19.0 Å². The molecule has 8 nitrogen and oxygen atoms in total. The molecule has 0 saturated heterocycles. The minimum atomic E-state index is -0.222. The average Bonchev–Trinajstić information content (AvgIpc) is 3.41. The monoisotopic (exact) mass is 400 g/mol. The molecule has 1 fully saturated rings. The Morgan fingerprint density at radius 2 is 2.03 bits per heavy atom. The van der Waals surface area contributed by atoms with Gasteiger partial charge in [-0.3, -0.25) is 4.68 Å². The van der Waals surface area contributed by atoms with Gasteiger partial charge >= 0.3 is 6.03 Å². The maximum atomic E-state index is 12.5. The smallest absolute Gasteiger partial charge is 0.319 e. The molecule has 1 aliphatic heterocycles. The third-order valence-corrected chi connectivity index (χ3v) is 5.72. The molecule has 156 valence electrons. The topological polar surface area (TPSA) is 86.6 Å². The number of benzene rings is 1. The zero-order valence-electron chi connectivity index (χ0n) is 16.8. The fraction of sp³-hybridized carbons (Fsp3) is 0.524. The number of anilines is 1. The lowest BCUT2D eigenvalue weighted by atomic mass is 9.78. The molecule has 29 heavy (non-hydrogen) atoms. The molecule has 2 amide bonds. The van der Waals surface area contributed by atoms with Crippen LogP contribution in [0.2, 0.25) is 0 Å². The summed E-state index contributed by atoms with van der Waals surface area (Å²) in [7, 11) is 1.65. The predicted octanol–water partition coefficient (Wildman–Crippen LogP) is 2.93. The van der Waals surface area contributed by atoms with Crippen molar-refractivity contribution in [3.8, 4) is 11.5 Å². The van der Waals surface area contributed by atoms with Gasteiger partial charge in [0, 0.05) is 25.3 Å². The Morgan fingerprint density at radius 3 is 2.83 bits per heavy atom. The van der Waals surface area contributed by atoms with E-state index in [0.717, 1.165) is 37.2 Å². The van der Waals surface area contributed by atoms with E-state index in [4.69, 9.17) is 14.2 Å². The van der Waals surface area contributed by atoms with Crippen molar-refractivity contribution in [1.29, 1.82) is 0 Å². The van der Waals surface area contributed by atoms with Gasteiger partial charge in [0.05, 0.1) is 25.0 Å². The van der Waals surface area contributed by atoms with E-state index in [1.54, 1.807) is 24.2 Å². The van der Waals surface area contributed by atoms with Crippen LogP contribution in [0.15, 0.2) is 30.6 Å². The van der Waals surface area contributed by atoms with Crippen LogP contribution in [0.1, 0.15) is 31.2 Å². The minimum absolute atomic E-state index is 0.0736. The van der Waals surface area contributed by atoms with Crippen LogP contribution in [0, 0.1) is 0 Å². The molecule has 1 saturated carbocycles. The molecule has 1 aromatic heterocycles. The lowest BCUT2D eigenvalue weighted by Crippen LogP contribution is -2.41. The highest BCUT2D eigenvalue weighted by Gasteiger charge is 2.36.